The molecular weight excluding hydrogens is 264 g/mol. The molecule has 1 heterocycles. The number of ether oxygens (including phenoxy) is 1. The summed E-state index contributed by atoms with van der Waals surface area (Å²) in [4.78, 5) is 13.6. The van der Waals surface area contributed by atoms with E-state index in [1.165, 1.54) is 11.1 Å². The fourth-order valence-electron chi connectivity index (χ4n) is 2.46. The second kappa shape index (κ2) is 7.84. The lowest BCUT2D eigenvalue weighted by Crippen LogP contribution is -2.34. The van der Waals surface area contributed by atoms with Gasteiger partial charge in [-0.15, -0.1) is 0 Å². The summed E-state index contributed by atoms with van der Waals surface area (Å²) in [6, 6.07) is 8.00. The van der Waals surface area contributed by atoms with Crippen LogP contribution in [0.2, 0.25) is 0 Å². The van der Waals surface area contributed by atoms with Crippen LogP contribution in [-0.4, -0.2) is 43.6 Å². The first-order chi connectivity index (χ1) is 10.2. The molecule has 0 saturated carbocycles. The van der Waals surface area contributed by atoms with Gasteiger partial charge in [0.25, 0.3) is 5.91 Å². The molecule has 0 spiro atoms. The van der Waals surface area contributed by atoms with Crippen molar-refractivity contribution in [3.05, 3.63) is 35.9 Å². The first-order valence-corrected chi connectivity index (χ1v) is 7.65. The molecule has 1 aliphatic heterocycles. The van der Waals surface area contributed by atoms with Gasteiger partial charge in [0.15, 0.2) is 6.61 Å². The first-order valence-electron chi connectivity index (χ1n) is 7.65. The number of likely N-dealkylation sites (N-methyl/N-ethyl adjacent to an activating group) is 1. The molecule has 0 aromatic heterocycles. The summed E-state index contributed by atoms with van der Waals surface area (Å²) in [6.07, 6.45) is 3.28. The summed E-state index contributed by atoms with van der Waals surface area (Å²) in [5.74, 6) is 0.777. The van der Waals surface area contributed by atoms with Crippen molar-refractivity contribution in [1.82, 2.24) is 10.2 Å². The average Bonchev–Trinajstić information content (AvgIpc) is 2.55. The highest BCUT2D eigenvalue weighted by molar-refractivity contribution is 5.77. The van der Waals surface area contributed by atoms with Crippen LogP contribution in [0.4, 0.5) is 0 Å². The zero-order valence-electron chi connectivity index (χ0n) is 12.9. The van der Waals surface area contributed by atoms with Crippen molar-refractivity contribution in [2.75, 3.05) is 32.8 Å². The topological polar surface area (TPSA) is 41.6 Å². The minimum absolute atomic E-state index is 0.0325. The molecule has 1 aliphatic rings. The Morgan fingerprint density at radius 2 is 1.95 bits per heavy atom. The van der Waals surface area contributed by atoms with E-state index in [2.05, 4.69) is 23.5 Å². The van der Waals surface area contributed by atoms with Crippen molar-refractivity contribution >= 4 is 11.5 Å². The standard InChI is InChI=1S/C17H24N2O2/c1-3-19(4-2)17(20)13-21-16-7-5-14(6-8-16)15-9-11-18-12-10-15/h5-9,18H,3-4,10-13H2,1-2H3. The second-order valence-corrected chi connectivity index (χ2v) is 5.06. The highest BCUT2D eigenvalue weighted by Crippen LogP contribution is 2.22. The summed E-state index contributed by atoms with van der Waals surface area (Å²) in [5, 5.41) is 3.31. The quantitative estimate of drug-likeness (QED) is 0.873. The average molecular weight is 288 g/mol. The Hall–Kier alpha value is -1.81. The normalized spacial score (nSPS) is 14.5. The van der Waals surface area contributed by atoms with Gasteiger partial charge in [0.2, 0.25) is 0 Å². The number of rotatable bonds is 6. The molecule has 0 radical (unpaired) electrons. The molecule has 1 N–H and O–H groups in total. The maximum atomic E-state index is 11.9. The van der Waals surface area contributed by atoms with Crippen LogP contribution in [0.15, 0.2) is 30.3 Å². The molecule has 4 heteroatoms. The molecule has 114 valence electrons. The van der Waals surface area contributed by atoms with Crippen LogP contribution < -0.4 is 10.1 Å². The zero-order valence-corrected chi connectivity index (χ0v) is 12.9. The molecule has 0 fully saturated rings. The SMILES string of the molecule is CCN(CC)C(=O)COc1ccc(C2=CCNCC2)cc1. The number of nitrogens with zero attached hydrogens (tertiary/aromatic N) is 1. The van der Waals surface area contributed by atoms with E-state index in [0.29, 0.717) is 0 Å². The van der Waals surface area contributed by atoms with Crippen LogP contribution >= 0.6 is 0 Å². The first kappa shape index (κ1) is 15.6. The summed E-state index contributed by atoms with van der Waals surface area (Å²) in [7, 11) is 0. The van der Waals surface area contributed by atoms with Crippen LogP contribution in [0.5, 0.6) is 5.75 Å². The van der Waals surface area contributed by atoms with Crippen molar-refractivity contribution in [3.63, 3.8) is 0 Å². The molecule has 0 atom stereocenters. The van der Waals surface area contributed by atoms with Crippen LogP contribution in [0.1, 0.15) is 25.8 Å². The Balaban J connectivity index is 1.90. The number of hydrogen-bond donors (Lipinski definition) is 1. The summed E-state index contributed by atoms with van der Waals surface area (Å²) >= 11 is 0. The lowest BCUT2D eigenvalue weighted by molar-refractivity contribution is -0.132. The van der Waals surface area contributed by atoms with Gasteiger partial charge < -0.3 is 15.0 Å². The maximum absolute atomic E-state index is 11.9. The van der Waals surface area contributed by atoms with E-state index >= 15 is 0 Å². The largest absolute Gasteiger partial charge is 0.484 e. The van der Waals surface area contributed by atoms with Crippen LogP contribution in [0.3, 0.4) is 0 Å². The Labute approximate surface area is 126 Å². The van der Waals surface area contributed by atoms with Crippen molar-refractivity contribution in [2.45, 2.75) is 20.3 Å². The van der Waals surface area contributed by atoms with E-state index < -0.39 is 0 Å². The fourth-order valence-corrected chi connectivity index (χ4v) is 2.46. The molecule has 0 unspecified atom stereocenters. The number of carbonyl (C=O) groups is 1. The van der Waals surface area contributed by atoms with Gasteiger partial charge in [-0.05, 0) is 50.1 Å². The van der Waals surface area contributed by atoms with Gasteiger partial charge >= 0.3 is 0 Å². The molecule has 4 nitrogen and oxygen atoms in total. The molecule has 0 aliphatic carbocycles. The molecule has 2 rings (SSSR count). The number of nitrogens with one attached hydrogen (secondary N) is 1. The van der Waals surface area contributed by atoms with Crippen molar-refractivity contribution in [3.8, 4) is 5.75 Å². The second-order valence-electron chi connectivity index (χ2n) is 5.06. The van der Waals surface area contributed by atoms with E-state index in [4.69, 9.17) is 4.74 Å². The summed E-state index contributed by atoms with van der Waals surface area (Å²) in [6.45, 7) is 7.47. The number of hydrogen-bond acceptors (Lipinski definition) is 3. The van der Waals surface area contributed by atoms with E-state index in [9.17, 15) is 4.79 Å². The van der Waals surface area contributed by atoms with E-state index in [-0.39, 0.29) is 12.5 Å². The van der Waals surface area contributed by atoms with Crippen molar-refractivity contribution in [2.24, 2.45) is 0 Å². The third-order valence-electron chi connectivity index (χ3n) is 3.77. The van der Waals surface area contributed by atoms with E-state index in [1.807, 2.05) is 26.0 Å². The zero-order chi connectivity index (χ0) is 15.1. The molecule has 0 bridgehead atoms. The predicted molar refractivity (Wildman–Crippen MR) is 85.3 cm³/mol. The molecule has 0 saturated heterocycles. The summed E-state index contributed by atoms with van der Waals surface area (Å²) in [5.41, 5.74) is 2.61. The van der Waals surface area contributed by atoms with Gasteiger partial charge in [-0.2, -0.15) is 0 Å². The van der Waals surface area contributed by atoms with Gasteiger partial charge in [-0.25, -0.2) is 0 Å². The number of carbonyl (C=O) groups excluding carboxylic acids is 1. The Morgan fingerprint density at radius 3 is 2.52 bits per heavy atom. The Bertz CT molecular complexity index is 490. The van der Waals surface area contributed by atoms with Crippen LogP contribution in [-0.2, 0) is 4.79 Å². The van der Waals surface area contributed by atoms with Gasteiger partial charge in [0.1, 0.15) is 5.75 Å². The Kier molecular flexibility index (Phi) is 5.81. The lowest BCUT2D eigenvalue weighted by atomic mass is 10.0. The molecule has 1 amide bonds. The van der Waals surface area contributed by atoms with Crippen LogP contribution in [0, 0.1) is 0 Å². The highest BCUT2D eigenvalue weighted by Gasteiger charge is 2.10. The van der Waals surface area contributed by atoms with Gasteiger partial charge in [-0.1, -0.05) is 18.2 Å². The molecule has 21 heavy (non-hydrogen) atoms. The van der Waals surface area contributed by atoms with Gasteiger partial charge in [0.05, 0.1) is 0 Å². The van der Waals surface area contributed by atoms with Gasteiger partial charge in [0, 0.05) is 19.6 Å². The minimum Gasteiger partial charge on any atom is -0.484 e. The summed E-state index contributed by atoms with van der Waals surface area (Å²) < 4.78 is 5.57. The highest BCUT2D eigenvalue weighted by atomic mass is 16.5. The monoisotopic (exact) mass is 288 g/mol. The minimum atomic E-state index is 0.0325. The van der Waals surface area contributed by atoms with E-state index in [0.717, 1.165) is 38.3 Å². The smallest absolute Gasteiger partial charge is 0.260 e. The maximum Gasteiger partial charge on any atom is 0.260 e. The fraction of sp³-hybridized carbons (Fsp3) is 0.471. The molecule has 1 aromatic carbocycles. The van der Waals surface area contributed by atoms with Gasteiger partial charge in [-0.3, -0.25) is 4.79 Å². The number of amides is 1. The van der Waals surface area contributed by atoms with E-state index in [1.54, 1.807) is 4.90 Å². The molecule has 1 aromatic rings. The molecular formula is C17H24N2O2. The number of benzene rings is 1. The third-order valence-corrected chi connectivity index (χ3v) is 3.77. The Morgan fingerprint density at radius 1 is 1.24 bits per heavy atom. The predicted octanol–water partition coefficient (Wildman–Crippen LogP) is 2.31. The van der Waals surface area contributed by atoms with Crippen molar-refractivity contribution < 1.29 is 9.53 Å². The van der Waals surface area contributed by atoms with Crippen LogP contribution in [0.25, 0.3) is 5.57 Å². The third kappa shape index (κ3) is 4.33. The lowest BCUT2D eigenvalue weighted by Gasteiger charge is -2.19. The van der Waals surface area contributed by atoms with Crippen molar-refractivity contribution in [1.29, 1.82) is 0 Å².